The van der Waals surface area contributed by atoms with E-state index in [0.717, 1.165) is 55.4 Å². The summed E-state index contributed by atoms with van der Waals surface area (Å²) in [7, 11) is 0. The Morgan fingerprint density at radius 3 is 2.03 bits per heavy atom. The van der Waals surface area contributed by atoms with Crippen LogP contribution in [0.3, 0.4) is 0 Å². The second kappa shape index (κ2) is 10.2. The highest BCUT2D eigenvalue weighted by atomic mass is 16.1. The zero-order chi connectivity index (χ0) is 21.5. The number of carbonyl (C=O) groups excluding carboxylic acids is 1. The molecule has 0 spiro atoms. The number of pyridine rings is 1. The molecule has 1 aliphatic heterocycles. The molecule has 0 bridgehead atoms. The van der Waals surface area contributed by atoms with Gasteiger partial charge in [0.05, 0.1) is 11.9 Å². The first-order chi connectivity index (χ1) is 15.2. The zero-order valence-corrected chi connectivity index (χ0v) is 18.1. The van der Waals surface area contributed by atoms with Crippen molar-refractivity contribution in [1.29, 1.82) is 0 Å². The summed E-state index contributed by atoms with van der Waals surface area (Å²) in [6.45, 7) is 7.41. The van der Waals surface area contributed by atoms with E-state index < -0.39 is 0 Å². The molecule has 5 nitrogen and oxygen atoms in total. The van der Waals surface area contributed by atoms with Gasteiger partial charge in [0.2, 0.25) is 5.91 Å². The smallest absolute Gasteiger partial charge is 0.225 e. The summed E-state index contributed by atoms with van der Waals surface area (Å²) in [4.78, 5) is 22.2. The predicted octanol–water partition coefficient (Wildman–Crippen LogP) is 4.38. The Kier molecular flexibility index (Phi) is 6.95. The molecule has 1 aliphatic rings. The van der Waals surface area contributed by atoms with Crippen molar-refractivity contribution in [2.75, 3.05) is 42.9 Å². The summed E-state index contributed by atoms with van der Waals surface area (Å²) in [5, 5.41) is 3.03. The lowest BCUT2D eigenvalue weighted by molar-refractivity contribution is -0.116. The normalized spacial score (nSPS) is 14.6. The van der Waals surface area contributed by atoms with Crippen LogP contribution in [0.25, 0.3) is 0 Å². The van der Waals surface area contributed by atoms with Crippen LogP contribution in [0.5, 0.6) is 0 Å². The highest BCUT2D eigenvalue weighted by Crippen LogP contribution is 2.28. The van der Waals surface area contributed by atoms with E-state index in [2.05, 4.69) is 51.3 Å². The van der Waals surface area contributed by atoms with Crippen molar-refractivity contribution < 1.29 is 4.79 Å². The molecule has 2 aromatic carbocycles. The van der Waals surface area contributed by atoms with E-state index in [-0.39, 0.29) is 11.8 Å². The van der Waals surface area contributed by atoms with Crippen molar-refractivity contribution >= 4 is 17.4 Å². The first-order valence-electron chi connectivity index (χ1n) is 11.1. The summed E-state index contributed by atoms with van der Waals surface area (Å²) in [5.74, 6) is 0.980. The maximum absolute atomic E-state index is 12.9. The van der Waals surface area contributed by atoms with Gasteiger partial charge in [0.25, 0.3) is 0 Å². The van der Waals surface area contributed by atoms with Crippen LogP contribution >= 0.6 is 0 Å². The number of hydrogen-bond donors (Lipinski definition) is 1. The lowest BCUT2D eigenvalue weighted by atomic mass is 9.88. The molecule has 1 saturated heterocycles. The number of nitrogens with zero attached hydrogens (tertiary/aromatic N) is 3. The van der Waals surface area contributed by atoms with Crippen LogP contribution in [0, 0.1) is 0 Å². The Morgan fingerprint density at radius 1 is 0.903 bits per heavy atom. The molecule has 5 heteroatoms. The largest absolute Gasteiger partial charge is 0.354 e. The van der Waals surface area contributed by atoms with Crippen LogP contribution in [-0.4, -0.2) is 48.5 Å². The minimum Gasteiger partial charge on any atom is -0.354 e. The van der Waals surface area contributed by atoms with E-state index in [1.54, 1.807) is 6.20 Å². The molecule has 0 aliphatic carbocycles. The maximum Gasteiger partial charge on any atom is 0.225 e. The number of nitrogens with one attached hydrogen (secondary N) is 1. The van der Waals surface area contributed by atoms with Gasteiger partial charge in [0.15, 0.2) is 0 Å². The summed E-state index contributed by atoms with van der Waals surface area (Å²) in [6.07, 6.45) is 2.15. The second-order valence-electron chi connectivity index (χ2n) is 7.95. The molecule has 1 aromatic heterocycles. The van der Waals surface area contributed by atoms with E-state index in [0.29, 0.717) is 6.42 Å². The third kappa shape index (κ3) is 5.50. The Bertz CT molecular complexity index is 912. The molecular weight excluding hydrogens is 384 g/mol. The second-order valence-corrected chi connectivity index (χ2v) is 7.95. The van der Waals surface area contributed by atoms with Crippen LogP contribution < -0.4 is 10.2 Å². The fraction of sp³-hybridized carbons (Fsp3) is 0.308. The third-order valence-electron chi connectivity index (χ3n) is 5.97. The summed E-state index contributed by atoms with van der Waals surface area (Å²) >= 11 is 0. The first-order valence-corrected chi connectivity index (χ1v) is 11.1. The zero-order valence-electron chi connectivity index (χ0n) is 18.1. The molecule has 0 atom stereocenters. The van der Waals surface area contributed by atoms with E-state index in [1.165, 1.54) is 0 Å². The molecule has 3 aromatic rings. The average molecular weight is 415 g/mol. The molecule has 0 saturated carbocycles. The topological polar surface area (TPSA) is 48.5 Å². The average Bonchev–Trinajstić information content (AvgIpc) is 2.84. The molecule has 1 N–H and O–H groups in total. The third-order valence-corrected chi connectivity index (χ3v) is 5.97. The van der Waals surface area contributed by atoms with Gasteiger partial charge in [-0.05, 0) is 29.8 Å². The number of piperazine rings is 1. The lowest BCUT2D eigenvalue weighted by Crippen LogP contribution is -2.46. The van der Waals surface area contributed by atoms with Crippen LogP contribution in [0.2, 0.25) is 0 Å². The van der Waals surface area contributed by atoms with Gasteiger partial charge in [-0.1, -0.05) is 67.6 Å². The SMILES string of the molecule is CCN1CCN(c2ccc(NC(=O)CC(c3ccccc3)c3ccccc3)cn2)CC1. The van der Waals surface area contributed by atoms with Crippen molar-refractivity contribution in [3.05, 3.63) is 90.1 Å². The number of benzene rings is 2. The number of amides is 1. The van der Waals surface area contributed by atoms with Crippen molar-refractivity contribution in [1.82, 2.24) is 9.88 Å². The lowest BCUT2D eigenvalue weighted by Gasteiger charge is -2.34. The molecule has 0 radical (unpaired) electrons. The summed E-state index contributed by atoms with van der Waals surface area (Å²) in [5.41, 5.74) is 3.02. The van der Waals surface area contributed by atoms with Gasteiger partial charge in [0.1, 0.15) is 5.82 Å². The quantitative estimate of drug-likeness (QED) is 0.623. The maximum atomic E-state index is 12.9. The molecule has 1 fully saturated rings. The standard InChI is InChI=1S/C26H30N4O/c1-2-29-15-17-30(18-16-29)25-14-13-23(20-27-25)28-26(31)19-24(21-9-5-3-6-10-21)22-11-7-4-8-12-22/h3-14,20,24H,2,15-19H2,1H3,(H,28,31). The van der Waals surface area contributed by atoms with Crippen molar-refractivity contribution in [2.24, 2.45) is 0 Å². The number of rotatable bonds is 7. The minimum atomic E-state index is -0.0104. The van der Waals surface area contributed by atoms with E-state index in [9.17, 15) is 4.79 Å². The Balaban J connectivity index is 1.40. The molecule has 1 amide bonds. The van der Waals surface area contributed by atoms with Crippen molar-refractivity contribution in [3.63, 3.8) is 0 Å². The number of carbonyl (C=O) groups is 1. The fourth-order valence-corrected chi connectivity index (χ4v) is 4.14. The van der Waals surface area contributed by atoms with Crippen molar-refractivity contribution in [2.45, 2.75) is 19.3 Å². The Morgan fingerprint density at radius 2 is 1.52 bits per heavy atom. The number of anilines is 2. The van der Waals surface area contributed by atoms with E-state index >= 15 is 0 Å². The van der Waals surface area contributed by atoms with Gasteiger partial charge >= 0.3 is 0 Å². The van der Waals surface area contributed by atoms with Gasteiger partial charge in [-0.15, -0.1) is 0 Å². The molecule has 160 valence electrons. The van der Waals surface area contributed by atoms with Crippen LogP contribution in [0.4, 0.5) is 11.5 Å². The summed E-state index contributed by atoms with van der Waals surface area (Å²) < 4.78 is 0. The van der Waals surface area contributed by atoms with Crippen LogP contribution in [0.15, 0.2) is 79.0 Å². The molecule has 0 unspecified atom stereocenters. The van der Waals surface area contributed by atoms with Crippen molar-refractivity contribution in [3.8, 4) is 0 Å². The van der Waals surface area contributed by atoms with Gasteiger partial charge in [-0.25, -0.2) is 4.98 Å². The van der Waals surface area contributed by atoms with Crippen LogP contribution in [0.1, 0.15) is 30.4 Å². The highest BCUT2D eigenvalue weighted by Gasteiger charge is 2.19. The van der Waals surface area contributed by atoms with Gasteiger partial charge < -0.3 is 15.1 Å². The summed E-state index contributed by atoms with van der Waals surface area (Å²) in [6, 6.07) is 24.4. The number of aromatic nitrogens is 1. The van der Waals surface area contributed by atoms with E-state index in [4.69, 9.17) is 0 Å². The molecule has 31 heavy (non-hydrogen) atoms. The molecule has 4 rings (SSSR count). The van der Waals surface area contributed by atoms with Gasteiger partial charge in [-0.3, -0.25) is 4.79 Å². The van der Waals surface area contributed by atoms with Gasteiger partial charge in [0, 0.05) is 38.5 Å². The predicted molar refractivity (Wildman–Crippen MR) is 127 cm³/mol. The molecular formula is C26H30N4O. The first kappa shape index (κ1) is 21.1. The highest BCUT2D eigenvalue weighted by molar-refractivity contribution is 5.91. The monoisotopic (exact) mass is 414 g/mol. The Hall–Kier alpha value is -3.18. The van der Waals surface area contributed by atoms with Crippen LogP contribution in [-0.2, 0) is 4.79 Å². The number of likely N-dealkylation sites (N-methyl/N-ethyl adjacent to an activating group) is 1. The fourth-order valence-electron chi connectivity index (χ4n) is 4.14. The van der Waals surface area contributed by atoms with Gasteiger partial charge in [-0.2, -0.15) is 0 Å². The minimum absolute atomic E-state index is 0.0104. The molecule has 2 heterocycles. The Labute approximate surface area is 184 Å². The number of hydrogen-bond acceptors (Lipinski definition) is 4. The van der Waals surface area contributed by atoms with E-state index in [1.807, 2.05) is 48.5 Å².